The van der Waals surface area contributed by atoms with Crippen LogP contribution in [0.15, 0.2) is 0 Å². The van der Waals surface area contributed by atoms with Crippen molar-refractivity contribution in [3.63, 3.8) is 0 Å². The van der Waals surface area contributed by atoms with Crippen LogP contribution in [0, 0.1) is 34.5 Å². The first-order valence-electron chi connectivity index (χ1n) is 10.2. The summed E-state index contributed by atoms with van der Waals surface area (Å²) in [6.45, 7) is 3.89. The minimum Gasteiger partial charge on any atom is -0.393 e. The summed E-state index contributed by atoms with van der Waals surface area (Å²) >= 11 is 0. The number of fused-ring (bicyclic) bond motifs is 5. The van der Waals surface area contributed by atoms with Crippen LogP contribution in [-0.2, 0) is 9.59 Å². The van der Waals surface area contributed by atoms with Gasteiger partial charge in [0.25, 0.3) is 0 Å². The van der Waals surface area contributed by atoms with Crippen molar-refractivity contribution in [3.8, 4) is 0 Å². The van der Waals surface area contributed by atoms with Crippen LogP contribution in [0.25, 0.3) is 0 Å². The average molecular weight is 307 g/mol. The third kappa shape index (κ3) is 1.78. The molecule has 0 aromatic heterocycles. The Balaban J connectivity index is 1.75. The highest BCUT2D eigenvalue weighted by atomic mass is 16.3. The fourth-order valence-corrected chi connectivity index (χ4v) is 6.27. The molecule has 0 aliphatic heterocycles. The third-order valence-electron chi connectivity index (χ3n) is 7.59. The van der Waals surface area contributed by atoms with Crippen LogP contribution >= 0.6 is 0 Å². The summed E-state index contributed by atoms with van der Waals surface area (Å²) in [6.07, 6.45) is -0.462. The molecule has 1 N–H and O–H groups in total. The first-order valence-corrected chi connectivity index (χ1v) is 8.71. The van der Waals surface area contributed by atoms with Crippen molar-refractivity contribution in [2.24, 2.45) is 34.5 Å². The van der Waals surface area contributed by atoms with E-state index in [2.05, 4.69) is 6.92 Å². The van der Waals surface area contributed by atoms with Crippen LogP contribution in [0.4, 0.5) is 0 Å². The first-order chi connectivity index (χ1) is 11.4. The van der Waals surface area contributed by atoms with E-state index >= 15 is 0 Å². The molecule has 0 unspecified atom stereocenters. The van der Waals surface area contributed by atoms with E-state index in [1.54, 1.807) is 6.92 Å². The molecule has 3 heteroatoms. The van der Waals surface area contributed by atoms with E-state index in [9.17, 15) is 14.7 Å². The van der Waals surface area contributed by atoms with Crippen molar-refractivity contribution in [1.82, 2.24) is 0 Å². The van der Waals surface area contributed by atoms with Crippen molar-refractivity contribution in [1.29, 1.82) is 0 Å². The smallest absolute Gasteiger partial charge is 0.137 e. The van der Waals surface area contributed by atoms with Gasteiger partial charge in [-0.05, 0) is 55.2 Å². The van der Waals surface area contributed by atoms with Gasteiger partial charge in [0.15, 0.2) is 0 Å². The predicted octanol–water partition coefficient (Wildman–Crippen LogP) is 3.14. The zero-order chi connectivity index (χ0) is 18.4. The summed E-state index contributed by atoms with van der Waals surface area (Å²) in [5.74, 6) is 0.345. The fourth-order valence-electron chi connectivity index (χ4n) is 6.27. The van der Waals surface area contributed by atoms with Gasteiger partial charge in [-0.1, -0.05) is 13.8 Å². The maximum atomic E-state index is 13.2. The maximum absolute atomic E-state index is 13.2. The maximum Gasteiger partial charge on any atom is 0.137 e. The lowest BCUT2D eigenvalue weighted by Gasteiger charge is -2.58. The second-order valence-corrected chi connectivity index (χ2v) is 8.56. The Kier molecular flexibility index (Phi) is 2.49. The summed E-state index contributed by atoms with van der Waals surface area (Å²) in [5.41, 5.74) is -1.22. The van der Waals surface area contributed by atoms with E-state index in [1.165, 1.54) is 0 Å². The molecule has 4 rings (SSSR count). The molecule has 3 nitrogen and oxygen atoms in total. The molecule has 0 saturated heterocycles. The molecule has 0 radical (unpaired) electrons. The van der Waals surface area contributed by atoms with Gasteiger partial charge in [0.2, 0.25) is 0 Å². The second-order valence-electron chi connectivity index (χ2n) is 8.56. The summed E-state index contributed by atoms with van der Waals surface area (Å²) in [4.78, 5) is 25.1. The molecule has 0 amide bonds. The van der Waals surface area contributed by atoms with Crippen molar-refractivity contribution >= 4 is 11.6 Å². The Morgan fingerprint density at radius 3 is 2.77 bits per heavy atom. The Hall–Kier alpha value is -0.700. The molecule has 4 fully saturated rings. The number of rotatable bonds is 0. The zero-order valence-corrected chi connectivity index (χ0v) is 13.5. The van der Waals surface area contributed by atoms with Crippen LogP contribution in [-0.4, -0.2) is 22.8 Å². The number of hydrogen-bond acceptors (Lipinski definition) is 3. The Morgan fingerprint density at radius 1 is 1.23 bits per heavy atom. The Bertz CT molecular complexity index is 646. The molecule has 0 bridgehead atoms. The minimum absolute atomic E-state index is 0.0233. The lowest BCUT2D eigenvalue weighted by molar-refractivity contribution is -0.162. The molecular weight excluding hydrogens is 276 g/mol. The Morgan fingerprint density at radius 2 is 2.00 bits per heavy atom. The number of aliphatic hydroxyl groups is 1. The number of hydrogen-bond donors (Lipinski definition) is 1. The summed E-state index contributed by atoms with van der Waals surface area (Å²) in [5, 5.41) is 10.7. The van der Waals surface area contributed by atoms with E-state index in [4.69, 9.17) is 4.11 Å². The summed E-state index contributed by atoms with van der Waals surface area (Å²) < 4.78 is 24.8. The first kappa shape index (κ1) is 11.8. The second kappa shape index (κ2) is 4.66. The minimum atomic E-state index is -2.23. The van der Waals surface area contributed by atoms with E-state index in [1.807, 2.05) is 0 Å². The van der Waals surface area contributed by atoms with Gasteiger partial charge < -0.3 is 5.11 Å². The lowest BCUT2D eigenvalue weighted by atomic mass is 9.45. The van der Waals surface area contributed by atoms with Gasteiger partial charge in [0, 0.05) is 33.3 Å². The van der Waals surface area contributed by atoms with Gasteiger partial charge in [-0.25, -0.2) is 0 Å². The van der Waals surface area contributed by atoms with Crippen LogP contribution < -0.4 is 0 Å². The molecule has 22 heavy (non-hydrogen) atoms. The SMILES string of the molecule is [2H]C1([2H])C[C@H]2[C@@H]3CC[C@H]4CC(=O)CC[C@]4(C)[C@H]3C(=O)C[C@]2(C)[C@@]1([2H])O. The molecule has 4 aliphatic rings. The predicted molar refractivity (Wildman–Crippen MR) is 83.1 cm³/mol. The van der Waals surface area contributed by atoms with Gasteiger partial charge in [0.05, 0.1) is 7.45 Å². The standard InChI is InChI=1S/C19H28O3/c1-18-8-7-12(20)9-11(18)3-4-13-14-5-6-16(22)19(14,2)10-15(21)17(13)18/h11,13-14,16-17,22H,3-10H2,1-2H3/t11-,13-,14-,16-,17+,18-,19-/m0/s1/i6D2,16D. The highest BCUT2D eigenvalue weighted by Gasteiger charge is 2.63. The fraction of sp³-hybridized carbons (Fsp3) is 0.895. The Labute approximate surface area is 137 Å². The molecular formula is C19H28O3. The van der Waals surface area contributed by atoms with Gasteiger partial charge in [-0.2, -0.15) is 0 Å². The largest absolute Gasteiger partial charge is 0.393 e. The molecule has 122 valence electrons. The van der Waals surface area contributed by atoms with Crippen LogP contribution in [0.1, 0.15) is 69.3 Å². The van der Waals surface area contributed by atoms with Gasteiger partial charge in [-0.15, -0.1) is 0 Å². The van der Waals surface area contributed by atoms with E-state index in [-0.39, 0.29) is 47.7 Å². The van der Waals surface area contributed by atoms with Crippen LogP contribution in [0.2, 0.25) is 0 Å². The third-order valence-corrected chi connectivity index (χ3v) is 7.59. The van der Waals surface area contributed by atoms with E-state index < -0.39 is 17.9 Å². The van der Waals surface area contributed by atoms with Crippen LogP contribution in [0.3, 0.4) is 0 Å². The lowest BCUT2D eigenvalue weighted by Crippen LogP contribution is -2.57. The highest BCUT2D eigenvalue weighted by molar-refractivity contribution is 5.85. The quantitative estimate of drug-likeness (QED) is 0.748. The number of carbonyl (C=O) groups is 2. The number of ketones is 2. The average Bonchev–Trinajstić information content (AvgIpc) is 2.64. The van der Waals surface area contributed by atoms with E-state index in [0.717, 1.165) is 19.3 Å². The van der Waals surface area contributed by atoms with Crippen LogP contribution in [0.5, 0.6) is 0 Å². The van der Waals surface area contributed by atoms with Gasteiger partial charge >= 0.3 is 0 Å². The molecule has 0 heterocycles. The summed E-state index contributed by atoms with van der Waals surface area (Å²) in [6, 6.07) is 0. The van der Waals surface area contributed by atoms with Crippen molar-refractivity contribution in [3.05, 3.63) is 0 Å². The number of carbonyl (C=O) groups excluding carboxylic acids is 2. The zero-order valence-electron chi connectivity index (χ0n) is 16.5. The highest BCUT2D eigenvalue weighted by Crippen LogP contribution is 2.64. The van der Waals surface area contributed by atoms with Crippen molar-refractivity contribution in [2.45, 2.75) is 71.2 Å². The molecule has 0 aromatic carbocycles. The number of Topliss-reactive ketones (excluding diaryl/α,β-unsaturated/α-hetero) is 2. The molecule has 0 spiro atoms. The molecule has 7 atom stereocenters. The van der Waals surface area contributed by atoms with E-state index in [0.29, 0.717) is 18.6 Å². The monoisotopic (exact) mass is 307 g/mol. The van der Waals surface area contributed by atoms with Crippen molar-refractivity contribution in [2.75, 3.05) is 0 Å². The topological polar surface area (TPSA) is 54.4 Å². The molecule has 0 aromatic rings. The molecule has 4 aliphatic carbocycles. The van der Waals surface area contributed by atoms with Gasteiger partial charge in [-0.3, -0.25) is 9.59 Å². The van der Waals surface area contributed by atoms with Crippen molar-refractivity contribution < 1.29 is 18.8 Å². The molecule has 4 saturated carbocycles. The normalized spacial score (nSPS) is 62.2. The summed E-state index contributed by atoms with van der Waals surface area (Å²) in [7, 11) is 0. The van der Waals surface area contributed by atoms with Gasteiger partial charge in [0.1, 0.15) is 11.6 Å².